The Morgan fingerprint density at radius 2 is 2.11 bits per heavy atom. The van der Waals surface area contributed by atoms with Crippen molar-refractivity contribution in [1.82, 2.24) is 14.6 Å². The van der Waals surface area contributed by atoms with Crippen molar-refractivity contribution in [1.29, 1.82) is 5.26 Å². The first-order valence-electron chi connectivity index (χ1n) is 5.29. The highest BCUT2D eigenvalue weighted by Gasteiger charge is 2.11. The maximum Gasteiger partial charge on any atom is 0.185 e. The van der Waals surface area contributed by atoms with E-state index in [9.17, 15) is 4.39 Å². The van der Waals surface area contributed by atoms with Crippen LogP contribution in [0.15, 0.2) is 42.6 Å². The van der Waals surface area contributed by atoms with Crippen LogP contribution in [0.3, 0.4) is 0 Å². The SMILES string of the molecule is N#Cc1ccc(-c2nc3ccccn3n2)c(F)c1. The van der Waals surface area contributed by atoms with E-state index in [0.29, 0.717) is 11.5 Å². The van der Waals surface area contributed by atoms with E-state index in [1.54, 1.807) is 22.8 Å². The van der Waals surface area contributed by atoms with Gasteiger partial charge in [-0.1, -0.05) is 6.07 Å². The van der Waals surface area contributed by atoms with Crippen LogP contribution < -0.4 is 0 Å². The number of nitriles is 1. The van der Waals surface area contributed by atoms with Gasteiger partial charge in [-0.05, 0) is 30.3 Å². The van der Waals surface area contributed by atoms with Crippen LogP contribution in [0.2, 0.25) is 0 Å². The largest absolute Gasteiger partial charge is 0.221 e. The molecule has 0 aliphatic carbocycles. The van der Waals surface area contributed by atoms with Gasteiger partial charge in [0, 0.05) is 6.20 Å². The monoisotopic (exact) mass is 238 g/mol. The van der Waals surface area contributed by atoms with Crippen molar-refractivity contribution < 1.29 is 4.39 Å². The Hall–Kier alpha value is -2.74. The second-order valence-electron chi connectivity index (χ2n) is 3.75. The van der Waals surface area contributed by atoms with E-state index in [0.717, 1.165) is 0 Å². The minimum Gasteiger partial charge on any atom is -0.221 e. The number of hydrogen-bond donors (Lipinski definition) is 0. The zero-order chi connectivity index (χ0) is 12.5. The maximum absolute atomic E-state index is 13.8. The third-order valence-electron chi connectivity index (χ3n) is 2.58. The average Bonchev–Trinajstić information content (AvgIpc) is 2.81. The first-order valence-corrected chi connectivity index (χ1v) is 5.29. The summed E-state index contributed by atoms with van der Waals surface area (Å²) >= 11 is 0. The van der Waals surface area contributed by atoms with Crippen LogP contribution in [0.5, 0.6) is 0 Å². The standard InChI is InChI=1S/C13H7FN4/c14-11-7-9(8-15)4-5-10(11)13-16-12-3-1-2-6-18(12)17-13/h1-7H. The lowest BCUT2D eigenvalue weighted by atomic mass is 10.1. The van der Waals surface area contributed by atoms with Crippen molar-refractivity contribution in [3.63, 3.8) is 0 Å². The summed E-state index contributed by atoms with van der Waals surface area (Å²) in [6.07, 6.45) is 1.74. The van der Waals surface area contributed by atoms with Crippen LogP contribution in [0.25, 0.3) is 17.0 Å². The second-order valence-corrected chi connectivity index (χ2v) is 3.75. The van der Waals surface area contributed by atoms with Gasteiger partial charge in [0.1, 0.15) is 5.82 Å². The van der Waals surface area contributed by atoms with Crippen LogP contribution in [-0.4, -0.2) is 14.6 Å². The zero-order valence-electron chi connectivity index (χ0n) is 9.21. The van der Waals surface area contributed by atoms with Gasteiger partial charge in [-0.15, -0.1) is 5.10 Å². The number of aromatic nitrogens is 3. The molecule has 5 heteroatoms. The summed E-state index contributed by atoms with van der Waals surface area (Å²) in [7, 11) is 0. The van der Waals surface area contributed by atoms with Gasteiger partial charge in [0.25, 0.3) is 0 Å². The topological polar surface area (TPSA) is 54.0 Å². The van der Waals surface area contributed by atoms with Gasteiger partial charge in [-0.3, -0.25) is 0 Å². The molecule has 0 saturated heterocycles. The molecule has 0 spiro atoms. The molecule has 3 aromatic rings. The average molecular weight is 238 g/mol. The van der Waals surface area contributed by atoms with E-state index in [1.165, 1.54) is 12.1 Å². The van der Waals surface area contributed by atoms with Crippen molar-refractivity contribution in [2.45, 2.75) is 0 Å². The van der Waals surface area contributed by atoms with Crippen molar-refractivity contribution in [3.8, 4) is 17.5 Å². The van der Waals surface area contributed by atoms with Crippen LogP contribution in [-0.2, 0) is 0 Å². The molecule has 0 aliphatic rings. The van der Waals surface area contributed by atoms with E-state index in [1.807, 2.05) is 18.2 Å². The molecule has 0 fully saturated rings. The third-order valence-corrected chi connectivity index (χ3v) is 2.58. The fourth-order valence-electron chi connectivity index (χ4n) is 1.71. The summed E-state index contributed by atoms with van der Waals surface area (Å²) < 4.78 is 15.4. The first-order chi connectivity index (χ1) is 8.78. The molecule has 18 heavy (non-hydrogen) atoms. The van der Waals surface area contributed by atoms with Crippen molar-refractivity contribution in [3.05, 3.63) is 54.0 Å². The van der Waals surface area contributed by atoms with E-state index < -0.39 is 5.82 Å². The predicted octanol–water partition coefficient (Wildman–Crippen LogP) is 2.41. The fraction of sp³-hybridized carbons (Fsp3) is 0. The maximum atomic E-state index is 13.8. The summed E-state index contributed by atoms with van der Waals surface area (Å²) in [5.41, 5.74) is 1.22. The zero-order valence-corrected chi connectivity index (χ0v) is 9.21. The molecule has 2 heterocycles. The highest BCUT2D eigenvalue weighted by molar-refractivity contribution is 5.60. The summed E-state index contributed by atoms with van der Waals surface area (Å²) in [6.45, 7) is 0. The molecule has 0 amide bonds. The smallest absolute Gasteiger partial charge is 0.185 e. The van der Waals surface area contributed by atoms with Gasteiger partial charge < -0.3 is 0 Å². The highest BCUT2D eigenvalue weighted by Crippen LogP contribution is 2.20. The number of halogens is 1. The minimum absolute atomic E-state index is 0.278. The predicted molar refractivity (Wildman–Crippen MR) is 63.1 cm³/mol. The number of fused-ring (bicyclic) bond motifs is 1. The van der Waals surface area contributed by atoms with Gasteiger partial charge in [-0.2, -0.15) is 5.26 Å². The van der Waals surface area contributed by atoms with Crippen molar-refractivity contribution in [2.75, 3.05) is 0 Å². The molecular formula is C13H7FN4. The highest BCUT2D eigenvalue weighted by atomic mass is 19.1. The van der Waals surface area contributed by atoms with Crippen molar-refractivity contribution in [2.24, 2.45) is 0 Å². The molecule has 2 aromatic heterocycles. The lowest BCUT2D eigenvalue weighted by Crippen LogP contribution is -1.89. The number of hydrogen-bond acceptors (Lipinski definition) is 3. The molecule has 0 bridgehead atoms. The molecule has 0 aliphatic heterocycles. The Bertz CT molecular complexity index is 737. The molecule has 3 rings (SSSR count). The van der Waals surface area contributed by atoms with Crippen LogP contribution in [0.4, 0.5) is 4.39 Å². The summed E-state index contributed by atoms with van der Waals surface area (Å²) in [4.78, 5) is 4.23. The Kier molecular flexibility index (Phi) is 2.27. The van der Waals surface area contributed by atoms with Gasteiger partial charge in [-0.25, -0.2) is 13.9 Å². The lowest BCUT2D eigenvalue weighted by molar-refractivity contribution is 0.629. The van der Waals surface area contributed by atoms with E-state index in [2.05, 4.69) is 10.1 Å². The van der Waals surface area contributed by atoms with E-state index >= 15 is 0 Å². The molecule has 0 atom stereocenters. The number of rotatable bonds is 1. The Balaban J connectivity index is 2.17. The second kappa shape index (κ2) is 3.93. The number of benzene rings is 1. The molecule has 0 saturated carbocycles. The lowest BCUT2D eigenvalue weighted by Gasteiger charge is -1.97. The van der Waals surface area contributed by atoms with Crippen LogP contribution >= 0.6 is 0 Å². The Morgan fingerprint density at radius 1 is 1.22 bits per heavy atom. The molecule has 86 valence electrons. The van der Waals surface area contributed by atoms with Gasteiger partial charge >= 0.3 is 0 Å². The molecular weight excluding hydrogens is 231 g/mol. The van der Waals surface area contributed by atoms with Crippen LogP contribution in [0, 0.1) is 17.1 Å². The van der Waals surface area contributed by atoms with E-state index in [4.69, 9.17) is 5.26 Å². The molecule has 4 nitrogen and oxygen atoms in total. The van der Waals surface area contributed by atoms with Crippen molar-refractivity contribution >= 4 is 5.65 Å². The first kappa shape index (κ1) is 10.4. The fourth-order valence-corrected chi connectivity index (χ4v) is 1.71. The number of pyridine rings is 1. The van der Waals surface area contributed by atoms with Gasteiger partial charge in [0.15, 0.2) is 11.5 Å². The third kappa shape index (κ3) is 1.60. The van der Waals surface area contributed by atoms with E-state index in [-0.39, 0.29) is 11.1 Å². The summed E-state index contributed by atoms with van der Waals surface area (Å²) in [6, 6.07) is 11.6. The normalized spacial score (nSPS) is 10.4. The van der Waals surface area contributed by atoms with Crippen LogP contribution in [0.1, 0.15) is 5.56 Å². The Labute approximate surface area is 102 Å². The summed E-state index contributed by atoms with van der Waals surface area (Å²) in [5.74, 6) is -0.187. The summed E-state index contributed by atoms with van der Waals surface area (Å²) in [5, 5.41) is 12.9. The quantitative estimate of drug-likeness (QED) is 0.654. The number of nitrogens with zero attached hydrogens (tertiary/aromatic N) is 4. The minimum atomic E-state index is -0.495. The van der Waals surface area contributed by atoms with Gasteiger partial charge in [0.2, 0.25) is 0 Å². The molecule has 0 N–H and O–H groups in total. The molecule has 0 radical (unpaired) electrons. The van der Waals surface area contributed by atoms with Gasteiger partial charge in [0.05, 0.1) is 17.2 Å². The molecule has 0 unspecified atom stereocenters. The molecule has 1 aromatic carbocycles. The Morgan fingerprint density at radius 3 is 2.83 bits per heavy atom.